The molecule has 1 heterocycles. The third-order valence-corrected chi connectivity index (χ3v) is 3.96. The van der Waals surface area contributed by atoms with E-state index in [1.165, 1.54) is 0 Å². The van der Waals surface area contributed by atoms with E-state index in [2.05, 4.69) is 15.5 Å². The van der Waals surface area contributed by atoms with E-state index in [9.17, 15) is 0 Å². The quantitative estimate of drug-likeness (QED) is 0.709. The highest BCUT2D eigenvalue weighted by Crippen LogP contribution is 2.26. The zero-order valence-electron chi connectivity index (χ0n) is 14.0. The van der Waals surface area contributed by atoms with Gasteiger partial charge >= 0.3 is 0 Å². The second kappa shape index (κ2) is 7.85. The minimum absolute atomic E-state index is 0.378. The Hall–Kier alpha value is -2.79. The summed E-state index contributed by atoms with van der Waals surface area (Å²) in [5, 5.41) is 11.8. The lowest BCUT2D eigenvalue weighted by atomic mass is 10.1. The standard InChI is InChI=1S/C19H18ClN3O2/c1-24-16-6-8-18(25-2)14(11-16)12-21-15-5-3-4-13(10-15)17-7-9-19(20)23-22-17/h3-11,21H,12H2,1-2H3. The molecule has 5 nitrogen and oxygen atoms in total. The first-order valence-electron chi connectivity index (χ1n) is 7.74. The minimum atomic E-state index is 0.378. The van der Waals surface area contributed by atoms with Gasteiger partial charge in [-0.05, 0) is 42.5 Å². The Morgan fingerprint density at radius 3 is 2.56 bits per heavy atom. The fraction of sp³-hybridized carbons (Fsp3) is 0.158. The van der Waals surface area contributed by atoms with Crippen molar-refractivity contribution >= 4 is 17.3 Å². The summed E-state index contributed by atoms with van der Waals surface area (Å²) in [5.74, 6) is 1.61. The molecule has 0 amide bonds. The molecular weight excluding hydrogens is 338 g/mol. The molecule has 0 atom stereocenters. The molecule has 0 fully saturated rings. The van der Waals surface area contributed by atoms with Crippen LogP contribution in [-0.2, 0) is 6.54 Å². The number of methoxy groups -OCH3 is 2. The van der Waals surface area contributed by atoms with E-state index in [1.54, 1.807) is 20.3 Å². The molecule has 3 rings (SSSR count). The number of rotatable bonds is 6. The predicted molar refractivity (Wildman–Crippen MR) is 99.4 cm³/mol. The summed E-state index contributed by atoms with van der Waals surface area (Å²) >= 11 is 5.79. The van der Waals surface area contributed by atoms with Gasteiger partial charge in [-0.15, -0.1) is 10.2 Å². The van der Waals surface area contributed by atoms with Crippen LogP contribution in [0.3, 0.4) is 0 Å². The molecule has 2 aromatic carbocycles. The largest absolute Gasteiger partial charge is 0.497 e. The van der Waals surface area contributed by atoms with E-state index in [1.807, 2.05) is 48.5 Å². The van der Waals surface area contributed by atoms with Crippen LogP contribution in [0.4, 0.5) is 5.69 Å². The third kappa shape index (κ3) is 4.19. The molecule has 0 saturated heterocycles. The molecule has 0 saturated carbocycles. The number of anilines is 1. The number of nitrogens with zero attached hydrogens (tertiary/aromatic N) is 2. The lowest BCUT2D eigenvalue weighted by molar-refractivity contribution is 0.399. The number of ether oxygens (including phenoxy) is 2. The average molecular weight is 356 g/mol. The molecular formula is C19H18ClN3O2. The molecule has 0 spiro atoms. The zero-order chi connectivity index (χ0) is 17.6. The van der Waals surface area contributed by atoms with Gasteiger partial charge in [0.25, 0.3) is 0 Å². The fourth-order valence-electron chi connectivity index (χ4n) is 2.48. The van der Waals surface area contributed by atoms with E-state index in [-0.39, 0.29) is 0 Å². The second-order valence-electron chi connectivity index (χ2n) is 5.35. The number of halogens is 1. The molecule has 0 radical (unpaired) electrons. The molecule has 0 bridgehead atoms. The van der Waals surface area contributed by atoms with Crippen molar-refractivity contribution in [3.05, 3.63) is 65.3 Å². The van der Waals surface area contributed by atoms with Crippen LogP contribution in [0.15, 0.2) is 54.6 Å². The summed E-state index contributed by atoms with van der Waals surface area (Å²) in [6.45, 7) is 0.607. The highest BCUT2D eigenvalue weighted by atomic mass is 35.5. The first-order valence-corrected chi connectivity index (χ1v) is 8.12. The summed E-state index contributed by atoms with van der Waals surface area (Å²) in [5.41, 5.74) is 3.72. The topological polar surface area (TPSA) is 56.3 Å². The maximum absolute atomic E-state index is 5.79. The van der Waals surface area contributed by atoms with Crippen molar-refractivity contribution < 1.29 is 9.47 Å². The Bertz CT molecular complexity index is 854. The van der Waals surface area contributed by atoms with E-state index in [0.29, 0.717) is 11.7 Å². The summed E-state index contributed by atoms with van der Waals surface area (Å²) in [7, 11) is 3.31. The Labute approximate surface area is 151 Å². The summed E-state index contributed by atoms with van der Waals surface area (Å²) in [6, 6.07) is 17.3. The Morgan fingerprint density at radius 2 is 1.84 bits per heavy atom. The zero-order valence-corrected chi connectivity index (χ0v) is 14.7. The van der Waals surface area contributed by atoms with Crippen LogP contribution in [0.1, 0.15) is 5.56 Å². The van der Waals surface area contributed by atoms with E-state index in [4.69, 9.17) is 21.1 Å². The van der Waals surface area contributed by atoms with E-state index in [0.717, 1.165) is 34.0 Å². The molecule has 25 heavy (non-hydrogen) atoms. The van der Waals surface area contributed by atoms with Gasteiger partial charge in [0.1, 0.15) is 11.5 Å². The number of benzene rings is 2. The van der Waals surface area contributed by atoms with Crippen LogP contribution in [0, 0.1) is 0 Å². The van der Waals surface area contributed by atoms with Gasteiger partial charge < -0.3 is 14.8 Å². The molecule has 1 aromatic heterocycles. The molecule has 0 aliphatic heterocycles. The maximum atomic E-state index is 5.79. The smallest absolute Gasteiger partial charge is 0.151 e. The minimum Gasteiger partial charge on any atom is -0.497 e. The lowest BCUT2D eigenvalue weighted by Gasteiger charge is -2.13. The van der Waals surface area contributed by atoms with Crippen LogP contribution in [0.5, 0.6) is 11.5 Å². The summed E-state index contributed by atoms with van der Waals surface area (Å²) < 4.78 is 10.7. The highest BCUT2D eigenvalue weighted by Gasteiger charge is 2.06. The van der Waals surface area contributed by atoms with Crippen LogP contribution in [-0.4, -0.2) is 24.4 Å². The van der Waals surface area contributed by atoms with Gasteiger partial charge in [0.2, 0.25) is 0 Å². The first kappa shape index (κ1) is 17.0. The van der Waals surface area contributed by atoms with Crippen LogP contribution in [0.2, 0.25) is 5.15 Å². The van der Waals surface area contributed by atoms with Crippen LogP contribution >= 0.6 is 11.6 Å². The normalized spacial score (nSPS) is 10.4. The number of nitrogens with one attached hydrogen (secondary N) is 1. The van der Waals surface area contributed by atoms with Crippen LogP contribution < -0.4 is 14.8 Å². The number of hydrogen-bond acceptors (Lipinski definition) is 5. The van der Waals surface area contributed by atoms with Crippen molar-refractivity contribution in [1.29, 1.82) is 0 Å². The fourth-order valence-corrected chi connectivity index (χ4v) is 2.58. The van der Waals surface area contributed by atoms with Gasteiger partial charge in [0, 0.05) is 23.4 Å². The van der Waals surface area contributed by atoms with Crippen molar-refractivity contribution in [2.24, 2.45) is 0 Å². The van der Waals surface area contributed by atoms with Gasteiger partial charge in [-0.1, -0.05) is 23.7 Å². The average Bonchev–Trinajstić information content (AvgIpc) is 2.67. The van der Waals surface area contributed by atoms with Gasteiger partial charge in [0.05, 0.1) is 19.9 Å². The number of hydrogen-bond donors (Lipinski definition) is 1. The Balaban J connectivity index is 1.78. The van der Waals surface area contributed by atoms with Crippen molar-refractivity contribution in [1.82, 2.24) is 10.2 Å². The Morgan fingerprint density at radius 1 is 0.960 bits per heavy atom. The predicted octanol–water partition coefficient (Wildman–Crippen LogP) is 4.43. The number of aromatic nitrogens is 2. The van der Waals surface area contributed by atoms with Crippen molar-refractivity contribution in [3.8, 4) is 22.8 Å². The SMILES string of the molecule is COc1ccc(OC)c(CNc2cccc(-c3ccc(Cl)nn3)c2)c1. The molecule has 1 N–H and O–H groups in total. The second-order valence-corrected chi connectivity index (χ2v) is 5.74. The highest BCUT2D eigenvalue weighted by molar-refractivity contribution is 6.29. The van der Waals surface area contributed by atoms with Crippen molar-refractivity contribution in [3.63, 3.8) is 0 Å². The lowest BCUT2D eigenvalue weighted by Crippen LogP contribution is -2.02. The molecule has 3 aromatic rings. The maximum Gasteiger partial charge on any atom is 0.151 e. The van der Waals surface area contributed by atoms with Gasteiger partial charge in [-0.2, -0.15) is 0 Å². The first-order chi connectivity index (χ1) is 12.2. The van der Waals surface area contributed by atoms with Crippen molar-refractivity contribution in [2.45, 2.75) is 6.54 Å². The van der Waals surface area contributed by atoms with Crippen LogP contribution in [0.25, 0.3) is 11.3 Å². The van der Waals surface area contributed by atoms with Crippen molar-refractivity contribution in [2.75, 3.05) is 19.5 Å². The molecule has 6 heteroatoms. The molecule has 128 valence electrons. The summed E-state index contributed by atoms with van der Waals surface area (Å²) in [6.07, 6.45) is 0. The van der Waals surface area contributed by atoms with Gasteiger partial charge in [-0.25, -0.2) is 0 Å². The third-order valence-electron chi connectivity index (χ3n) is 3.76. The molecule has 0 aliphatic carbocycles. The van der Waals surface area contributed by atoms with Gasteiger partial charge in [-0.3, -0.25) is 0 Å². The molecule has 0 unspecified atom stereocenters. The molecule has 0 aliphatic rings. The summed E-state index contributed by atoms with van der Waals surface area (Å²) in [4.78, 5) is 0. The monoisotopic (exact) mass is 355 g/mol. The van der Waals surface area contributed by atoms with E-state index >= 15 is 0 Å². The Kier molecular flexibility index (Phi) is 5.36. The van der Waals surface area contributed by atoms with Gasteiger partial charge in [0.15, 0.2) is 5.15 Å². The van der Waals surface area contributed by atoms with E-state index < -0.39 is 0 Å².